The van der Waals surface area contributed by atoms with Crippen LogP contribution in [-0.2, 0) is 36.1 Å². The fourth-order valence-electron chi connectivity index (χ4n) is 10.2. The number of morpholine rings is 1. The van der Waals surface area contributed by atoms with Crippen molar-refractivity contribution in [3.63, 3.8) is 0 Å². The Balaban J connectivity index is 1.17. The minimum absolute atomic E-state index is 0.0360. The molecule has 55 heavy (non-hydrogen) atoms. The minimum Gasteiger partial charge on any atom is -0.490 e. The topological polar surface area (TPSA) is 118 Å². The maximum Gasteiger partial charge on any atom is 0.264 e. The highest BCUT2D eigenvalue weighted by Gasteiger charge is 2.51. The van der Waals surface area contributed by atoms with Gasteiger partial charge in [0.25, 0.3) is 5.91 Å². The van der Waals surface area contributed by atoms with Crippen molar-refractivity contribution in [1.82, 2.24) is 14.5 Å². The Morgan fingerprint density at radius 2 is 1.95 bits per heavy atom. The van der Waals surface area contributed by atoms with Gasteiger partial charge in [0.05, 0.1) is 48.8 Å². The highest BCUT2D eigenvalue weighted by Crippen LogP contribution is 2.50. The van der Waals surface area contributed by atoms with E-state index in [-0.39, 0.29) is 47.1 Å². The lowest BCUT2D eigenvalue weighted by molar-refractivity contribution is -0.147. The van der Waals surface area contributed by atoms with E-state index < -0.39 is 26.8 Å². The number of piperazine rings is 1. The molecule has 0 aromatic heterocycles. The number of rotatable bonds is 3. The van der Waals surface area contributed by atoms with Crippen molar-refractivity contribution in [2.75, 3.05) is 71.1 Å². The first kappa shape index (κ1) is 38.7. The number of fused-ring (bicyclic) bond motifs is 5. The Morgan fingerprint density at radius 3 is 2.75 bits per heavy atom. The molecule has 1 saturated carbocycles. The van der Waals surface area contributed by atoms with Crippen LogP contribution in [0.25, 0.3) is 0 Å². The van der Waals surface area contributed by atoms with Gasteiger partial charge in [-0.2, -0.15) is 0 Å². The molecule has 1 N–H and O–H groups in total. The summed E-state index contributed by atoms with van der Waals surface area (Å²) < 4.78 is 48.6. The van der Waals surface area contributed by atoms with Crippen molar-refractivity contribution in [3.8, 4) is 5.75 Å². The van der Waals surface area contributed by atoms with Gasteiger partial charge in [0.2, 0.25) is 15.9 Å². The van der Waals surface area contributed by atoms with E-state index in [0.717, 1.165) is 62.5 Å². The van der Waals surface area contributed by atoms with Crippen LogP contribution in [0.3, 0.4) is 0 Å². The van der Waals surface area contributed by atoms with Crippen LogP contribution in [-0.4, -0.2) is 113 Å². The molecule has 1 spiro atoms. The average Bonchev–Trinajstić information content (AvgIpc) is 3.31. The van der Waals surface area contributed by atoms with Crippen molar-refractivity contribution in [2.45, 2.75) is 81.1 Å². The van der Waals surface area contributed by atoms with E-state index in [1.807, 2.05) is 24.0 Å². The number of methoxy groups -OCH3 is 1. The number of sulfonamides is 1. The molecule has 298 valence electrons. The number of carbonyl (C=O) groups is 2. The van der Waals surface area contributed by atoms with E-state index in [1.54, 1.807) is 32.2 Å². The Bertz CT molecular complexity index is 1940. The van der Waals surface area contributed by atoms with Gasteiger partial charge in [-0.15, -0.1) is 0 Å². The van der Waals surface area contributed by atoms with Gasteiger partial charge in [0, 0.05) is 62.4 Å². The molecule has 7 atom stereocenters. The Labute approximate surface area is 330 Å². The molecule has 6 aliphatic rings. The Kier molecular flexibility index (Phi) is 10.8. The molecule has 13 heteroatoms. The van der Waals surface area contributed by atoms with Gasteiger partial charge in [-0.25, -0.2) is 13.1 Å². The smallest absolute Gasteiger partial charge is 0.264 e. The fraction of sp³-hybridized carbons (Fsp3) is 0.619. The molecule has 2 aliphatic carbocycles. The van der Waals surface area contributed by atoms with E-state index in [2.05, 4.69) is 32.7 Å². The molecule has 4 heterocycles. The van der Waals surface area contributed by atoms with Crippen LogP contribution >= 0.6 is 11.6 Å². The first-order valence-corrected chi connectivity index (χ1v) is 22.0. The average molecular weight is 795 g/mol. The number of allylic oxidation sites excluding steroid dienone is 1. The number of halogens is 1. The maximum atomic E-state index is 14.3. The highest BCUT2D eigenvalue weighted by molar-refractivity contribution is 7.90. The van der Waals surface area contributed by atoms with Crippen molar-refractivity contribution in [2.24, 2.45) is 17.8 Å². The summed E-state index contributed by atoms with van der Waals surface area (Å²) in [5, 5.41) is -0.129. The fourth-order valence-corrected chi connectivity index (χ4v) is 11.6. The van der Waals surface area contributed by atoms with Gasteiger partial charge in [0.15, 0.2) is 0 Å². The number of benzene rings is 2. The third kappa shape index (κ3) is 7.42. The van der Waals surface area contributed by atoms with Crippen molar-refractivity contribution >= 4 is 39.1 Å². The predicted octanol–water partition coefficient (Wildman–Crippen LogP) is 5.20. The molecule has 2 aromatic rings. The van der Waals surface area contributed by atoms with Crippen molar-refractivity contribution < 1.29 is 32.2 Å². The number of ether oxygens (including phenoxy) is 3. The summed E-state index contributed by atoms with van der Waals surface area (Å²) in [5.74, 6) is -0.0154. The van der Waals surface area contributed by atoms with Gasteiger partial charge in [-0.3, -0.25) is 14.5 Å². The van der Waals surface area contributed by atoms with Gasteiger partial charge in [-0.1, -0.05) is 36.7 Å². The molecule has 8 rings (SSSR count). The number of nitrogens with zero attached hydrogens (tertiary/aromatic N) is 3. The number of aryl methyl sites for hydroxylation is 1. The molecule has 11 nitrogen and oxygen atoms in total. The van der Waals surface area contributed by atoms with E-state index in [4.69, 9.17) is 25.8 Å². The maximum absolute atomic E-state index is 14.3. The molecule has 0 radical (unpaired) electrons. The summed E-state index contributed by atoms with van der Waals surface area (Å²) >= 11 is 6.50. The molecular formula is C42H55ClN4O7S. The largest absolute Gasteiger partial charge is 0.490 e. The summed E-state index contributed by atoms with van der Waals surface area (Å²) in [7, 11) is -2.31. The standard InChI is InChI=1S/C42H55ClN4O7S/c1-28-6-4-15-42(52-3,22-39(48)46-17-16-45-18-19-53-25-34(45)24-46)36-11-8-32(36)23-47-26-41(14-5-7-30-20-33(43)10-12-35(30)41)27-54-38-13-9-31(21-37(38)47)40(49)44-55(50,51)29(28)2/h4,9-10,12-13,15,20-21,28-29,32,34,36H,5-8,11,14,16-19,22-27H2,1-3H3,(H,44,49)/b15-4+/t28-,29+,32-,34+,36+,41-,42+/m0/s1. The summed E-state index contributed by atoms with van der Waals surface area (Å²) in [6, 6.07) is 11.6. The van der Waals surface area contributed by atoms with Gasteiger partial charge >= 0.3 is 0 Å². The SMILES string of the molecule is CO[C@@]1(CC(=O)N2CCN3CCOC[C@H]3C2)/C=C/C[C@H](C)[C@@H](C)S(=O)(=O)NC(=O)c2ccc3c(c2)N(C[C@@H]2CC[C@H]21)C[C@@]1(CCCc2cc(Cl)ccc21)CO3. The summed E-state index contributed by atoms with van der Waals surface area (Å²) in [4.78, 5) is 34.8. The van der Waals surface area contributed by atoms with E-state index in [0.29, 0.717) is 51.6 Å². The lowest BCUT2D eigenvalue weighted by Gasteiger charge is -2.51. The van der Waals surface area contributed by atoms with Crippen LogP contribution in [0.1, 0.15) is 73.9 Å². The van der Waals surface area contributed by atoms with E-state index in [9.17, 15) is 18.0 Å². The molecule has 4 aliphatic heterocycles. The number of anilines is 1. The second kappa shape index (κ2) is 15.3. The number of hydrogen-bond donors (Lipinski definition) is 1. The second-order valence-corrected chi connectivity index (χ2v) is 19.4. The second-order valence-electron chi connectivity index (χ2n) is 17.0. The molecule has 0 unspecified atom stereocenters. The summed E-state index contributed by atoms with van der Waals surface area (Å²) in [6.07, 6.45) is 9.45. The zero-order valence-corrected chi connectivity index (χ0v) is 33.9. The van der Waals surface area contributed by atoms with Crippen LogP contribution in [0.4, 0.5) is 5.69 Å². The lowest BCUT2D eigenvalue weighted by atomic mass is 9.62. The number of hydrogen-bond acceptors (Lipinski definition) is 9. The summed E-state index contributed by atoms with van der Waals surface area (Å²) in [6.45, 7) is 9.69. The van der Waals surface area contributed by atoms with Crippen LogP contribution in [0.15, 0.2) is 48.6 Å². The molecule has 2 bridgehead atoms. The van der Waals surface area contributed by atoms with Crippen LogP contribution in [0.5, 0.6) is 5.75 Å². The molecule has 3 fully saturated rings. The van der Waals surface area contributed by atoms with Crippen LogP contribution in [0.2, 0.25) is 5.02 Å². The first-order chi connectivity index (χ1) is 26.4. The molecule has 2 aromatic carbocycles. The lowest BCUT2D eigenvalue weighted by Crippen LogP contribution is -2.60. The monoisotopic (exact) mass is 794 g/mol. The molecule has 2 amide bonds. The predicted molar refractivity (Wildman–Crippen MR) is 212 cm³/mol. The van der Waals surface area contributed by atoms with Crippen LogP contribution in [0, 0.1) is 17.8 Å². The van der Waals surface area contributed by atoms with E-state index >= 15 is 0 Å². The Morgan fingerprint density at radius 1 is 1.09 bits per heavy atom. The van der Waals surface area contributed by atoms with Gasteiger partial charge in [0.1, 0.15) is 5.75 Å². The van der Waals surface area contributed by atoms with Gasteiger partial charge in [-0.05, 0) is 105 Å². The first-order valence-electron chi connectivity index (χ1n) is 20.1. The van der Waals surface area contributed by atoms with Crippen molar-refractivity contribution in [3.05, 3.63) is 70.3 Å². The molecular weight excluding hydrogens is 740 g/mol. The third-order valence-corrected chi connectivity index (χ3v) is 16.0. The minimum atomic E-state index is -4.02. The van der Waals surface area contributed by atoms with E-state index in [1.165, 1.54) is 11.1 Å². The summed E-state index contributed by atoms with van der Waals surface area (Å²) in [5.41, 5.74) is 2.30. The highest BCUT2D eigenvalue weighted by atomic mass is 35.5. The quantitative estimate of drug-likeness (QED) is 0.419. The zero-order chi connectivity index (χ0) is 38.5. The van der Waals surface area contributed by atoms with Crippen molar-refractivity contribution in [1.29, 1.82) is 0 Å². The zero-order valence-electron chi connectivity index (χ0n) is 32.3. The Hall–Kier alpha value is -3.16. The number of carbonyl (C=O) groups excluding carboxylic acids is 2. The number of amides is 2. The van der Waals surface area contributed by atoms with Gasteiger partial charge < -0.3 is 24.0 Å². The number of nitrogens with one attached hydrogen (secondary N) is 1. The molecule has 2 saturated heterocycles. The third-order valence-electron chi connectivity index (χ3n) is 13.8. The normalized spacial score (nSPS) is 34.2. The van der Waals surface area contributed by atoms with Crippen LogP contribution < -0.4 is 14.4 Å².